The van der Waals surface area contributed by atoms with Gasteiger partial charge in [0.2, 0.25) is 0 Å². The molecule has 0 heterocycles. The number of carboxylic acids is 1. The average molecular weight is 310 g/mol. The zero-order chi connectivity index (χ0) is 15.3. The van der Waals surface area contributed by atoms with Crippen molar-refractivity contribution in [3.05, 3.63) is 41.3 Å². The van der Waals surface area contributed by atoms with E-state index in [1.807, 2.05) is 0 Å². The molecule has 0 saturated carbocycles. The van der Waals surface area contributed by atoms with Gasteiger partial charge < -0.3 is 5.11 Å². The number of carboxylic acid groups (broad SMARTS) is 1. The Kier molecular flexibility index (Phi) is 5.72. The minimum atomic E-state index is -1.09. The van der Waals surface area contributed by atoms with Crippen LogP contribution in [-0.4, -0.2) is 33.2 Å². The highest BCUT2D eigenvalue weighted by atomic mass is 32.2. The van der Waals surface area contributed by atoms with Gasteiger partial charge >= 0.3 is 5.97 Å². The monoisotopic (exact) mass is 310 g/mol. The topological polar surface area (TPSA) is 69.6 Å². The number of hydrogen-bond acceptors (Lipinski definition) is 5. The highest BCUT2D eigenvalue weighted by molar-refractivity contribution is 8.03. The quantitative estimate of drug-likeness (QED) is 0.495. The molecule has 1 aromatic carbocycles. The van der Waals surface area contributed by atoms with Crippen LogP contribution in [0.1, 0.15) is 17.3 Å². The molecular formula is C13H14N2O3S2. The second-order valence-corrected chi connectivity index (χ2v) is 5.24. The van der Waals surface area contributed by atoms with Crippen molar-refractivity contribution in [2.24, 2.45) is 0 Å². The van der Waals surface area contributed by atoms with Crippen molar-refractivity contribution in [1.29, 1.82) is 0 Å². The highest BCUT2D eigenvalue weighted by Crippen LogP contribution is 2.19. The van der Waals surface area contributed by atoms with E-state index < -0.39 is 11.9 Å². The molecule has 7 heteroatoms. The molecule has 0 aliphatic carbocycles. The van der Waals surface area contributed by atoms with Gasteiger partial charge in [0.25, 0.3) is 5.91 Å². The minimum absolute atomic E-state index is 0.0521. The van der Waals surface area contributed by atoms with E-state index in [-0.39, 0.29) is 16.2 Å². The first kappa shape index (κ1) is 16.2. The summed E-state index contributed by atoms with van der Waals surface area (Å²) in [6.07, 6.45) is 1.72. The predicted octanol–water partition coefficient (Wildman–Crippen LogP) is 2.76. The molecule has 0 aromatic heterocycles. The third kappa shape index (κ3) is 3.82. The first-order valence-corrected chi connectivity index (χ1v) is 7.18. The fourth-order valence-corrected chi connectivity index (χ4v) is 1.77. The molecule has 106 valence electrons. The largest absolute Gasteiger partial charge is 0.478 e. The number of rotatable bonds is 5. The Morgan fingerprint density at radius 2 is 2.00 bits per heavy atom. The van der Waals surface area contributed by atoms with E-state index in [0.717, 1.165) is 5.01 Å². The van der Waals surface area contributed by atoms with E-state index in [0.29, 0.717) is 4.91 Å². The molecular weight excluding hydrogens is 296 g/mol. The summed E-state index contributed by atoms with van der Waals surface area (Å²) in [4.78, 5) is 23.8. The molecule has 0 spiro atoms. The average Bonchev–Trinajstić information content (AvgIpc) is 2.43. The Hall–Kier alpha value is -1.86. The number of thiocarbonyl (C=S) groups is 1. The van der Waals surface area contributed by atoms with Gasteiger partial charge in [0, 0.05) is 0 Å². The van der Waals surface area contributed by atoms with Gasteiger partial charge in [-0.1, -0.05) is 30.9 Å². The van der Waals surface area contributed by atoms with Gasteiger partial charge in [0.15, 0.2) is 0 Å². The molecule has 20 heavy (non-hydrogen) atoms. The zero-order valence-corrected chi connectivity index (χ0v) is 12.7. The first-order valence-electron chi connectivity index (χ1n) is 5.55. The van der Waals surface area contributed by atoms with Crippen LogP contribution in [0, 0.1) is 0 Å². The Labute approximate surface area is 126 Å². The molecule has 0 unspecified atom stereocenters. The Bertz CT molecular complexity index is 572. The number of aromatic carboxylic acids is 1. The number of nitrogens with zero attached hydrogens (tertiary/aromatic N) is 1. The van der Waals surface area contributed by atoms with Crippen LogP contribution in [-0.2, 0) is 4.79 Å². The van der Waals surface area contributed by atoms with E-state index in [9.17, 15) is 9.59 Å². The number of amides is 1. The van der Waals surface area contributed by atoms with Gasteiger partial charge in [-0.3, -0.25) is 10.2 Å². The van der Waals surface area contributed by atoms with Crippen LogP contribution in [0.2, 0.25) is 0 Å². The molecule has 0 radical (unpaired) electrons. The predicted molar refractivity (Wildman–Crippen MR) is 84.8 cm³/mol. The first-order chi connectivity index (χ1) is 9.38. The van der Waals surface area contributed by atoms with E-state index in [1.54, 1.807) is 31.4 Å². The maximum absolute atomic E-state index is 12.1. The normalized spacial score (nSPS) is 9.70. The van der Waals surface area contributed by atoms with Crippen molar-refractivity contribution in [2.45, 2.75) is 6.92 Å². The summed E-state index contributed by atoms with van der Waals surface area (Å²) in [7, 11) is 0. The third-order valence-electron chi connectivity index (χ3n) is 2.39. The van der Waals surface area contributed by atoms with E-state index in [2.05, 4.69) is 12.0 Å². The lowest BCUT2D eigenvalue weighted by Crippen LogP contribution is -2.39. The number of benzene rings is 1. The summed E-state index contributed by atoms with van der Waals surface area (Å²) in [6, 6.07) is 6.27. The van der Waals surface area contributed by atoms with Gasteiger partial charge in [0.1, 0.15) is 4.99 Å². The van der Waals surface area contributed by atoms with Crippen molar-refractivity contribution in [2.75, 3.05) is 11.7 Å². The summed E-state index contributed by atoms with van der Waals surface area (Å²) in [5, 5.41) is 10.2. The number of carbonyl (C=O) groups is 2. The lowest BCUT2D eigenvalue weighted by Gasteiger charge is -2.24. The maximum atomic E-state index is 12.1. The highest BCUT2D eigenvalue weighted by Gasteiger charge is 2.20. The Balaban J connectivity index is 3.09. The van der Waals surface area contributed by atoms with Crippen molar-refractivity contribution in [3.8, 4) is 0 Å². The summed E-state index contributed by atoms with van der Waals surface area (Å²) >= 11 is 6.21. The van der Waals surface area contributed by atoms with E-state index in [4.69, 9.17) is 17.3 Å². The van der Waals surface area contributed by atoms with Gasteiger partial charge in [-0.05, 0) is 25.3 Å². The maximum Gasteiger partial charge on any atom is 0.337 e. The van der Waals surface area contributed by atoms with Crippen LogP contribution in [0.25, 0.3) is 0 Å². The van der Waals surface area contributed by atoms with Crippen LogP contribution in [0.5, 0.6) is 0 Å². The molecule has 0 atom stereocenters. The standard InChI is InChI=1S/C13H14N2O3S2/c1-8(20-3)12(16)15(9(2)19)14-11-7-5-4-6-10(11)13(17)18/h4-7,14H,1H2,2-3H3,(H,17,18). The number of anilines is 1. The van der Waals surface area contributed by atoms with Crippen LogP contribution >= 0.6 is 24.0 Å². The minimum Gasteiger partial charge on any atom is -0.478 e. The Morgan fingerprint density at radius 1 is 1.40 bits per heavy atom. The zero-order valence-electron chi connectivity index (χ0n) is 11.0. The second kappa shape index (κ2) is 7.06. The number of nitrogens with one attached hydrogen (secondary N) is 1. The number of hydrazine groups is 1. The van der Waals surface area contributed by atoms with Gasteiger partial charge in [-0.2, -0.15) is 0 Å². The molecule has 1 rings (SSSR count). The summed E-state index contributed by atoms with van der Waals surface area (Å²) in [6.45, 7) is 5.20. The smallest absolute Gasteiger partial charge is 0.337 e. The molecule has 5 nitrogen and oxygen atoms in total. The second-order valence-electron chi connectivity index (χ2n) is 3.75. The lowest BCUT2D eigenvalue weighted by atomic mass is 10.2. The van der Waals surface area contributed by atoms with Crippen LogP contribution < -0.4 is 5.43 Å². The number of thioether (sulfide) groups is 1. The van der Waals surface area contributed by atoms with E-state index >= 15 is 0 Å². The Morgan fingerprint density at radius 3 is 2.50 bits per heavy atom. The van der Waals surface area contributed by atoms with Crippen LogP contribution in [0.4, 0.5) is 5.69 Å². The SMILES string of the molecule is C=C(SC)C(=O)N(Nc1ccccc1C(=O)O)C(C)=S. The fraction of sp³-hybridized carbons (Fsp3) is 0.154. The molecule has 0 saturated heterocycles. The summed E-state index contributed by atoms with van der Waals surface area (Å²) in [5.41, 5.74) is 3.07. The fourth-order valence-electron chi connectivity index (χ4n) is 1.37. The number of carbonyl (C=O) groups excluding carboxylic acids is 1. The molecule has 0 aliphatic rings. The molecule has 2 N–H and O–H groups in total. The van der Waals surface area contributed by atoms with Crippen molar-refractivity contribution >= 4 is 46.5 Å². The van der Waals surface area contributed by atoms with Crippen LogP contribution in [0.15, 0.2) is 35.7 Å². The summed E-state index contributed by atoms with van der Waals surface area (Å²) < 4.78 is 0. The molecule has 0 fully saturated rings. The van der Waals surface area contributed by atoms with Gasteiger partial charge in [-0.25, -0.2) is 9.80 Å². The lowest BCUT2D eigenvalue weighted by molar-refractivity contribution is -0.121. The molecule has 1 aromatic rings. The molecule has 0 aliphatic heterocycles. The third-order valence-corrected chi connectivity index (χ3v) is 3.24. The number of para-hydroxylation sites is 1. The van der Waals surface area contributed by atoms with Crippen molar-refractivity contribution in [1.82, 2.24) is 5.01 Å². The van der Waals surface area contributed by atoms with E-state index in [1.165, 1.54) is 17.8 Å². The van der Waals surface area contributed by atoms with Crippen molar-refractivity contribution < 1.29 is 14.7 Å². The van der Waals surface area contributed by atoms with Gasteiger partial charge in [0.05, 0.1) is 16.2 Å². The van der Waals surface area contributed by atoms with Crippen LogP contribution in [0.3, 0.4) is 0 Å². The van der Waals surface area contributed by atoms with Gasteiger partial charge in [-0.15, -0.1) is 11.8 Å². The summed E-state index contributed by atoms with van der Waals surface area (Å²) in [5.74, 6) is -1.50. The number of hydrogen-bond donors (Lipinski definition) is 2. The molecule has 0 bridgehead atoms. The molecule has 1 amide bonds. The van der Waals surface area contributed by atoms with Crippen molar-refractivity contribution in [3.63, 3.8) is 0 Å².